The van der Waals surface area contributed by atoms with E-state index in [1.807, 2.05) is 30.3 Å². The molecule has 0 aromatic heterocycles. The van der Waals surface area contributed by atoms with Crippen molar-refractivity contribution in [3.05, 3.63) is 71.3 Å². The maximum atomic E-state index is 10.4. The van der Waals surface area contributed by atoms with Crippen molar-refractivity contribution in [3.63, 3.8) is 0 Å². The molecule has 0 fully saturated rings. The van der Waals surface area contributed by atoms with Gasteiger partial charge in [-0.3, -0.25) is 4.79 Å². The molecule has 0 spiro atoms. The molecular formula is C17H18ClNO. The molecule has 0 amide bonds. The molecule has 20 heavy (non-hydrogen) atoms. The Bertz CT molecular complexity index is 568. The van der Waals surface area contributed by atoms with E-state index in [0.29, 0.717) is 12.5 Å². The Morgan fingerprint density at radius 3 is 2.40 bits per heavy atom. The van der Waals surface area contributed by atoms with Crippen LogP contribution in [-0.2, 0) is 17.6 Å². The SMILES string of the molecule is NC1CCc2ccccc21.O=C(Cl)Cc1ccccc1. The highest BCUT2D eigenvalue weighted by molar-refractivity contribution is 6.63. The molecule has 104 valence electrons. The predicted molar refractivity (Wildman–Crippen MR) is 82.7 cm³/mol. The van der Waals surface area contributed by atoms with Crippen LogP contribution in [0.15, 0.2) is 54.6 Å². The molecule has 1 atom stereocenters. The summed E-state index contributed by atoms with van der Waals surface area (Å²) in [6, 6.07) is 18.2. The van der Waals surface area contributed by atoms with Gasteiger partial charge in [0.25, 0.3) is 0 Å². The molecular weight excluding hydrogens is 270 g/mol. The Morgan fingerprint density at radius 1 is 1.10 bits per heavy atom. The third-order valence-electron chi connectivity index (χ3n) is 3.37. The molecule has 0 heterocycles. The summed E-state index contributed by atoms with van der Waals surface area (Å²) in [5.41, 5.74) is 9.60. The van der Waals surface area contributed by atoms with Crippen LogP contribution < -0.4 is 5.73 Å². The van der Waals surface area contributed by atoms with Crippen LogP contribution in [0, 0.1) is 0 Å². The Morgan fingerprint density at radius 2 is 1.75 bits per heavy atom. The summed E-state index contributed by atoms with van der Waals surface area (Å²) in [5, 5.41) is -0.314. The smallest absolute Gasteiger partial charge is 0.226 e. The van der Waals surface area contributed by atoms with Crippen LogP contribution >= 0.6 is 11.6 Å². The molecule has 1 aliphatic rings. The van der Waals surface area contributed by atoms with Gasteiger partial charge in [0, 0.05) is 12.5 Å². The van der Waals surface area contributed by atoms with Gasteiger partial charge in [0.05, 0.1) is 0 Å². The van der Waals surface area contributed by atoms with Gasteiger partial charge in [-0.2, -0.15) is 0 Å². The van der Waals surface area contributed by atoms with Crippen LogP contribution in [-0.4, -0.2) is 5.24 Å². The van der Waals surface area contributed by atoms with E-state index in [9.17, 15) is 4.79 Å². The molecule has 0 radical (unpaired) electrons. The third-order valence-corrected chi connectivity index (χ3v) is 3.50. The molecule has 3 rings (SSSR count). The number of aryl methyl sites for hydroxylation is 1. The minimum Gasteiger partial charge on any atom is -0.324 e. The van der Waals surface area contributed by atoms with Crippen molar-refractivity contribution in [1.29, 1.82) is 0 Å². The first-order chi connectivity index (χ1) is 9.66. The van der Waals surface area contributed by atoms with E-state index >= 15 is 0 Å². The summed E-state index contributed by atoms with van der Waals surface area (Å²) < 4.78 is 0. The Kier molecular flexibility index (Phi) is 5.33. The lowest BCUT2D eigenvalue weighted by atomic mass is 10.1. The number of benzene rings is 2. The molecule has 1 aliphatic carbocycles. The van der Waals surface area contributed by atoms with Crippen molar-refractivity contribution < 1.29 is 4.79 Å². The summed E-state index contributed by atoms with van der Waals surface area (Å²) in [4.78, 5) is 10.4. The van der Waals surface area contributed by atoms with E-state index in [0.717, 1.165) is 18.4 Å². The third kappa shape index (κ3) is 4.19. The van der Waals surface area contributed by atoms with Gasteiger partial charge < -0.3 is 5.73 Å². The van der Waals surface area contributed by atoms with Gasteiger partial charge in [-0.1, -0.05) is 54.6 Å². The molecule has 2 nitrogen and oxygen atoms in total. The average molecular weight is 288 g/mol. The average Bonchev–Trinajstić information content (AvgIpc) is 2.82. The number of halogens is 1. The largest absolute Gasteiger partial charge is 0.324 e. The summed E-state index contributed by atoms with van der Waals surface area (Å²) in [6.45, 7) is 0. The summed E-state index contributed by atoms with van der Waals surface area (Å²) >= 11 is 5.17. The summed E-state index contributed by atoms with van der Waals surface area (Å²) in [5.74, 6) is 0. The van der Waals surface area contributed by atoms with E-state index in [1.165, 1.54) is 11.1 Å². The fourth-order valence-electron chi connectivity index (χ4n) is 2.35. The van der Waals surface area contributed by atoms with Crippen LogP contribution in [0.25, 0.3) is 0 Å². The van der Waals surface area contributed by atoms with Crippen molar-refractivity contribution >= 4 is 16.8 Å². The Balaban J connectivity index is 0.000000147. The van der Waals surface area contributed by atoms with Gasteiger partial charge in [0.15, 0.2) is 0 Å². The molecule has 0 saturated heterocycles. The molecule has 2 N–H and O–H groups in total. The number of fused-ring (bicyclic) bond motifs is 1. The van der Waals surface area contributed by atoms with Gasteiger partial charge in [-0.15, -0.1) is 0 Å². The lowest BCUT2D eigenvalue weighted by Crippen LogP contribution is -2.04. The van der Waals surface area contributed by atoms with E-state index in [1.54, 1.807) is 0 Å². The fraction of sp³-hybridized carbons (Fsp3) is 0.235. The molecule has 0 aliphatic heterocycles. The van der Waals surface area contributed by atoms with E-state index in [4.69, 9.17) is 17.3 Å². The van der Waals surface area contributed by atoms with Crippen molar-refractivity contribution in [3.8, 4) is 0 Å². The first kappa shape index (κ1) is 14.8. The monoisotopic (exact) mass is 287 g/mol. The number of carbonyl (C=O) groups excluding carboxylic acids is 1. The fourth-order valence-corrected chi connectivity index (χ4v) is 2.50. The van der Waals surface area contributed by atoms with Gasteiger partial charge in [0.1, 0.15) is 0 Å². The maximum Gasteiger partial charge on any atom is 0.226 e. The van der Waals surface area contributed by atoms with Gasteiger partial charge in [0.2, 0.25) is 5.24 Å². The predicted octanol–water partition coefficient (Wildman–Crippen LogP) is 3.63. The van der Waals surface area contributed by atoms with E-state index < -0.39 is 0 Å². The normalized spacial score (nSPS) is 16.0. The molecule has 2 aromatic carbocycles. The van der Waals surface area contributed by atoms with Crippen molar-refractivity contribution in [2.45, 2.75) is 25.3 Å². The maximum absolute atomic E-state index is 10.4. The molecule has 3 heteroatoms. The molecule has 2 aromatic rings. The van der Waals surface area contributed by atoms with Gasteiger partial charge in [-0.05, 0) is 41.1 Å². The number of hydrogen-bond acceptors (Lipinski definition) is 2. The molecule has 0 saturated carbocycles. The Labute approximate surface area is 124 Å². The number of hydrogen-bond donors (Lipinski definition) is 1. The van der Waals surface area contributed by atoms with Gasteiger partial charge in [-0.25, -0.2) is 0 Å². The molecule has 1 unspecified atom stereocenters. The number of carbonyl (C=O) groups is 1. The second kappa shape index (κ2) is 7.22. The van der Waals surface area contributed by atoms with Crippen LogP contribution in [0.4, 0.5) is 0 Å². The Hall–Kier alpha value is -1.64. The van der Waals surface area contributed by atoms with E-state index in [-0.39, 0.29) is 5.24 Å². The standard InChI is InChI=1S/C9H11N.C8H7ClO/c10-9-6-5-7-3-1-2-4-8(7)9;9-8(10)6-7-4-2-1-3-5-7/h1-4,9H,5-6,10H2;1-5H,6H2. The van der Waals surface area contributed by atoms with Crippen molar-refractivity contribution in [2.24, 2.45) is 5.73 Å². The minimum absolute atomic E-state index is 0.302. The zero-order valence-electron chi connectivity index (χ0n) is 11.3. The number of rotatable bonds is 2. The highest BCUT2D eigenvalue weighted by atomic mass is 35.5. The quantitative estimate of drug-likeness (QED) is 0.857. The highest BCUT2D eigenvalue weighted by Crippen LogP contribution is 2.28. The summed E-state index contributed by atoms with van der Waals surface area (Å²) in [6.07, 6.45) is 2.61. The zero-order chi connectivity index (χ0) is 14.4. The minimum atomic E-state index is -0.314. The second-order valence-corrected chi connectivity index (χ2v) is 5.28. The first-order valence-corrected chi connectivity index (χ1v) is 7.10. The van der Waals surface area contributed by atoms with Crippen LogP contribution in [0.3, 0.4) is 0 Å². The van der Waals surface area contributed by atoms with Gasteiger partial charge >= 0.3 is 0 Å². The van der Waals surface area contributed by atoms with Crippen molar-refractivity contribution in [2.75, 3.05) is 0 Å². The van der Waals surface area contributed by atoms with Crippen LogP contribution in [0.5, 0.6) is 0 Å². The lowest BCUT2D eigenvalue weighted by Gasteiger charge is -2.01. The zero-order valence-corrected chi connectivity index (χ0v) is 12.0. The van der Waals surface area contributed by atoms with Crippen LogP contribution in [0.1, 0.15) is 29.2 Å². The first-order valence-electron chi connectivity index (χ1n) is 6.72. The van der Waals surface area contributed by atoms with E-state index in [2.05, 4.69) is 24.3 Å². The second-order valence-electron chi connectivity index (χ2n) is 4.86. The molecule has 0 bridgehead atoms. The number of nitrogens with two attached hydrogens (primary N) is 1. The van der Waals surface area contributed by atoms with Crippen molar-refractivity contribution in [1.82, 2.24) is 0 Å². The van der Waals surface area contributed by atoms with Crippen LogP contribution in [0.2, 0.25) is 0 Å². The lowest BCUT2D eigenvalue weighted by molar-refractivity contribution is -0.111. The topological polar surface area (TPSA) is 43.1 Å². The highest BCUT2D eigenvalue weighted by Gasteiger charge is 2.16. The summed E-state index contributed by atoms with van der Waals surface area (Å²) in [7, 11) is 0.